The lowest BCUT2D eigenvalue weighted by Gasteiger charge is -2.34. The van der Waals surface area contributed by atoms with Crippen molar-refractivity contribution in [3.05, 3.63) is 68.2 Å². The Bertz CT molecular complexity index is 1030. The van der Waals surface area contributed by atoms with Crippen LogP contribution in [0.2, 0.25) is 5.02 Å². The summed E-state index contributed by atoms with van der Waals surface area (Å²) in [7, 11) is 0. The Morgan fingerprint density at radius 3 is 2.65 bits per heavy atom. The first-order valence-electron chi connectivity index (χ1n) is 9.94. The minimum Gasteiger partial charge on any atom is -0.485 e. The number of halogens is 1. The number of nitrogens with zero attached hydrogens (tertiary/aromatic N) is 1. The summed E-state index contributed by atoms with van der Waals surface area (Å²) in [5, 5.41) is 12.2. The molecule has 0 saturated heterocycles. The van der Waals surface area contributed by atoms with Gasteiger partial charge in [-0.3, -0.25) is 10.1 Å². The van der Waals surface area contributed by atoms with Gasteiger partial charge in [0.15, 0.2) is 5.75 Å². The highest BCUT2D eigenvalue weighted by Crippen LogP contribution is 2.39. The van der Waals surface area contributed by atoms with Gasteiger partial charge in [-0.25, -0.2) is 4.79 Å². The first-order valence-corrected chi connectivity index (χ1v) is 10.3. The SMILES string of the molecule is CC(C)(C)OC(=O)c1ccc(OCC2(C=O)CCCc3cc(Cl)ccc32)c([N+](=O)[O-])c1. The topological polar surface area (TPSA) is 95.7 Å². The summed E-state index contributed by atoms with van der Waals surface area (Å²) in [6.07, 6.45) is 2.99. The fourth-order valence-corrected chi connectivity index (χ4v) is 3.94. The fraction of sp³-hybridized carbons (Fsp3) is 0.391. The molecule has 8 heteroatoms. The summed E-state index contributed by atoms with van der Waals surface area (Å²) in [5.41, 5.74) is -0.159. The van der Waals surface area contributed by atoms with Crippen molar-refractivity contribution < 1.29 is 24.0 Å². The lowest BCUT2D eigenvalue weighted by atomic mass is 9.71. The number of ether oxygens (including phenoxy) is 2. The number of hydrogen-bond donors (Lipinski definition) is 0. The smallest absolute Gasteiger partial charge is 0.338 e. The maximum Gasteiger partial charge on any atom is 0.338 e. The number of nitro groups is 1. The zero-order valence-corrected chi connectivity index (χ0v) is 18.4. The molecule has 1 aliphatic carbocycles. The number of aryl methyl sites for hydroxylation is 1. The predicted octanol–water partition coefficient (Wildman–Crippen LogP) is 5.06. The number of fused-ring (bicyclic) bond motifs is 1. The van der Waals surface area contributed by atoms with E-state index < -0.39 is 21.9 Å². The summed E-state index contributed by atoms with van der Waals surface area (Å²) in [5.74, 6) is -0.677. The molecule has 2 aromatic rings. The van der Waals surface area contributed by atoms with E-state index in [4.69, 9.17) is 21.1 Å². The molecule has 0 aliphatic heterocycles. The normalized spacial score (nSPS) is 18.1. The minimum atomic E-state index is -0.921. The van der Waals surface area contributed by atoms with Crippen LogP contribution < -0.4 is 4.74 Å². The van der Waals surface area contributed by atoms with E-state index in [2.05, 4.69) is 0 Å². The average Bonchev–Trinajstić information content (AvgIpc) is 2.70. The van der Waals surface area contributed by atoms with E-state index in [-0.39, 0.29) is 23.6 Å². The number of hydrogen-bond acceptors (Lipinski definition) is 6. The third-order valence-corrected chi connectivity index (χ3v) is 5.41. The van der Waals surface area contributed by atoms with Gasteiger partial charge in [-0.15, -0.1) is 0 Å². The highest BCUT2D eigenvalue weighted by molar-refractivity contribution is 6.30. The highest BCUT2D eigenvalue weighted by atomic mass is 35.5. The molecule has 31 heavy (non-hydrogen) atoms. The summed E-state index contributed by atoms with van der Waals surface area (Å²) in [6, 6.07) is 9.29. The number of carbonyl (C=O) groups is 2. The van der Waals surface area contributed by atoms with Gasteiger partial charge < -0.3 is 14.3 Å². The van der Waals surface area contributed by atoms with Crippen LogP contribution in [0.15, 0.2) is 36.4 Å². The van der Waals surface area contributed by atoms with Crippen LogP contribution in [-0.2, 0) is 21.4 Å². The molecule has 0 fully saturated rings. The van der Waals surface area contributed by atoms with E-state index >= 15 is 0 Å². The third kappa shape index (κ3) is 5.05. The Labute approximate surface area is 185 Å². The van der Waals surface area contributed by atoms with Gasteiger partial charge in [0, 0.05) is 11.1 Å². The van der Waals surface area contributed by atoms with E-state index in [0.29, 0.717) is 11.4 Å². The molecule has 0 heterocycles. The van der Waals surface area contributed by atoms with Crippen molar-refractivity contribution in [2.75, 3.05) is 6.61 Å². The molecule has 0 N–H and O–H groups in total. The van der Waals surface area contributed by atoms with E-state index in [9.17, 15) is 19.7 Å². The largest absolute Gasteiger partial charge is 0.485 e. The van der Waals surface area contributed by atoms with Crippen LogP contribution in [0, 0.1) is 10.1 Å². The second-order valence-electron chi connectivity index (χ2n) is 8.66. The molecule has 0 amide bonds. The predicted molar refractivity (Wildman–Crippen MR) is 116 cm³/mol. The molecule has 1 aliphatic rings. The molecule has 3 rings (SSSR count). The average molecular weight is 446 g/mol. The quantitative estimate of drug-likeness (QED) is 0.267. The molecule has 2 aromatic carbocycles. The van der Waals surface area contributed by atoms with Crippen molar-refractivity contribution in [2.45, 2.75) is 51.0 Å². The van der Waals surface area contributed by atoms with Crippen LogP contribution in [0.3, 0.4) is 0 Å². The second kappa shape index (κ2) is 8.67. The summed E-state index contributed by atoms with van der Waals surface area (Å²) >= 11 is 6.09. The van der Waals surface area contributed by atoms with E-state index in [1.54, 1.807) is 26.8 Å². The zero-order valence-electron chi connectivity index (χ0n) is 17.6. The lowest BCUT2D eigenvalue weighted by Crippen LogP contribution is -2.38. The minimum absolute atomic E-state index is 0.0142. The first kappa shape index (κ1) is 22.7. The molecule has 1 atom stereocenters. The van der Waals surface area contributed by atoms with Crippen LogP contribution in [-0.4, -0.2) is 29.4 Å². The van der Waals surface area contributed by atoms with Crippen molar-refractivity contribution in [1.29, 1.82) is 0 Å². The van der Waals surface area contributed by atoms with Crippen LogP contribution >= 0.6 is 11.6 Å². The Morgan fingerprint density at radius 1 is 1.26 bits per heavy atom. The monoisotopic (exact) mass is 445 g/mol. The number of benzene rings is 2. The lowest BCUT2D eigenvalue weighted by molar-refractivity contribution is -0.386. The van der Waals surface area contributed by atoms with Gasteiger partial charge in [0.1, 0.15) is 18.5 Å². The van der Waals surface area contributed by atoms with Crippen LogP contribution in [0.1, 0.15) is 55.1 Å². The van der Waals surface area contributed by atoms with Gasteiger partial charge in [0.25, 0.3) is 0 Å². The third-order valence-electron chi connectivity index (χ3n) is 5.17. The van der Waals surface area contributed by atoms with Gasteiger partial charge in [-0.05, 0) is 75.4 Å². The molecule has 164 valence electrons. The van der Waals surface area contributed by atoms with Crippen LogP contribution in [0.4, 0.5) is 5.69 Å². The van der Waals surface area contributed by atoms with Gasteiger partial charge in [0.2, 0.25) is 0 Å². The van der Waals surface area contributed by atoms with E-state index in [1.807, 2.05) is 12.1 Å². The Hall–Kier alpha value is -2.93. The number of carbonyl (C=O) groups excluding carboxylic acids is 2. The fourth-order valence-electron chi connectivity index (χ4n) is 3.74. The molecule has 0 bridgehead atoms. The van der Waals surface area contributed by atoms with Crippen molar-refractivity contribution >= 4 is 29.5 Å². The zero-order chi connectivity index (χ0) is 22.8. The highest BCUT2D eigenvalue weighted by Gasteiger charge is 2.38. The Morgan fingerprint density at radius 2 is 2.00 bits per heavy atom. The van der Waals surface area contributed by atoms with Crippen LogP contribution in [0.25, 0.3) is 0 Å². The maximum absolute atomic E-state index is 12.3. The number of rotatable bonds is 6. The number of aldehydes is 1. The van der Waals surface area contributed by atoms with E-state index in [0.717, 1.165) is 36.3 Å². The molecule has 1 unspecified atom stereocenters. The van der Waals surface area contributed by atoms with Crippen molar-refractivity contribution in [2.24, 2.45) is 0 Å². The Balaban J connectivity index is 1.88. The standard InChI is InChI=1S/C23H24ClNO6/c1-22(2,3)31-21(27)16-6-9-20(19(12-16)25(28)29)30-14-23(13-26)10-4-5-15-11-17(24)7-8-18(15)23/h6-9,11-13H,4-5,10,14H2,1-3H3. The first-order chi connectivity index (χ1) is 14.5. The molecule has 0 radical (unpaired) electrons. The molecule has 7 nitrogen and oxygen atoms in total. The summed E-state index contributed by atoms with van der Waals surface area (Å²) in [6.45, 7) is 5.08. The molecule has 0 spiro atoms. The molecular weight excluding hydrogens is 422 g/mol. The van der Waals surface area contributed by atoms with Gasteiger partial charge in [0.05, 0.1) is 15.9 Å². The number of nitro benzene ring substituents is 1. The summed E-state index contributed by atoms with van der Waals surface area (Å²) < 4.78 is 11.1. The summed E-state index contributed by atoms with van der Waals surface area (Å²) in [4.78, 5) is 35.4. The van der Waals surface area contributed by atoms with Gasteiger partial charge in [-0.2, -0.15) is 0 Å². The van der Waals surface area contributed by atoms with Crippen molar-refractivity contribution in [1.82, 2.24) is 0 Å². The van der Waals surface area contributed by atoms with Gasteiger partial charge in [-0.1, -0.05) is 17.7 Å². The van der Waals surface area contributed by atoms with E-state index in [1.165, 1.54) is 12.1 Å². The van der Waals surface area contributed by atoms with Crippen molar-refractivity contribution in [3.63, 3.8) is 0 Å². The Kier molecular flexibility index (Phi) is 6.36. The second-order valence-corrected chi connectivity index (χ2v) is 9.10. The maximum atomic E-state index is 12.3. The van der Waals surface area contributed by atoms with Gasteiger partial charge >= 0.3 is 11.7 Å². The van der Waals surface area contributed by atoms with Crippen LogP contribution in [0.5, 0.6) is 5.75 Å². The molecule has 0 saturated carbocycles. The molecular formula is C23H24ClNO6. The van der Waals surface area contributed by atoms with Crippen molar-refractivity contribution in [3.8, 4) is 5.75 Å². The molecule has 0 aromatic heterocycles. The number of esters is 1.